The molecular formula is C8H16N4. The Hall–Kier alpha value is -0.900. The predicted octanol–water partition coefficient (Wildman–Crippen LogP) is 0.666. The van der Waals surface area contributed by atoms with Crippen molar-refractivity contribution in [2.24, 2.45) is 0 Å². The second-order valence-electron chi connectivity index (χ2n) is 2.99. The van der Waals surface area contributed by atoms with E-state index in [0.29, 0.717) is 6.04 Å². The normalized spacial score (nSPS) is 13.2. The Morgan fingerprint density at radius 3 is 3.00 bits per heavy atom. The van der Waals surface area contributed by atoms with Crippen molar-refractivity contribution < 1.29 is 0 Å². The Kier molecular flexibility index (Phi) is 3.73. The summed E-state index contributed by atoms with van der Waals surface area (Å²) in [7, 11) is 1.99. The quantitative estimate of drug-likeness (QED) is 0.702. The van der Waals surface area contributed by atoms with E-state index in [1.807, 2.05) is 11.7 Å². The minimum absolute atomic E-state index is 0.591. The van der Waals surface area contributed by atoms with Gasteiger partial charge in [0, 0.05) is 12.6 Å². The van der Waals surface area contributed by atoms with Crippen molar-refractivity contribution in [2.75, 3.05) is 7.05 Å². The topological polar surface area (TPSA) is 42.7 Å². The van der Waals surface area contributed by atoms with Gasteiger partial charge in [0.25, 0.3) is 0 Å². The van der Waals surface area contributed by atoms with Crippen LogP contribution in [0.1, 0.15) is 19.8 Å². The van der Waals surface area contributed by atoms with Crippen LogP contribution in [0, 0.1) is 0 Å². The Balaban J connectivity index is 2.11. The maximum Gasteiger partial charge on any atom is 0.137 e. The highest BCUT2D eigenvalue weighted by molar-refractivity contribution is 4.59. The molecule has 1 rings (SSSR count). The molecule has 0 aliphatic rings. The molecule has 4 heteroatoms. The fourth-order valence-corrected chi connectivity index (χ4v) is 1.05. The maximum absolute atomic E-state index is 4.02. The van der Waals surface area contributed by atoms with E-state index in [9.17, 15) is 0 Å². The first-order chi connectivity index (χ1) is 5.83. The van der Waals surface area contributed by atoms with Gasteiger partial charge in [0.15, 0.2) is 0 Å². The number of hydrogen-bond acceptors (Lipinski definition) is 3. The maximum atomic E-state index is 4.02. The molecule has 0 radical (unpaired) electrons. The van der Waals surface area contributed by atoms with Crippen molar-refractivity contribution >= 4 is 0 Å². The lowest BCUT2D eigenvalue weighted by Crippen LogP contribution is -2.21. The summed E-state index contributed by atoms with van der Waals surface area (Å²) < 4.78 is 1.86. The molecule has 12 heavy (non-hydrogen) atoms. The molecule has 0 spiro atoms. The molecule has 1 aromatic heterocycles. The third kappa shape index (κ3) is 3.00. The van der Waals surface area contributed by atoms with Crippen LogP contribution in [-0.4, -0.2) is 27.9 Å². The minimum atomic E-state index is 0.591. The lowest BCUT2D eigenvalue weighted by molar-refractivity contribution is 0.487. The highest BCUT2D eigenvalue weighted by Gasteiger charge is 1.97. The average molecular weight is 168 g/mol. The summed E-state index contributed by atoms with van der Waals surface area (Å²) in [6.07, 6.45) is 5.65. The summed E-state index contributed by atoms with van der Waals surface area (Å²) in [6.45, 7) is 3.15. The monoisotopic (exact) mass is 168 g/mol. The molecule has 1 N–H and O–H groups in total. The molecule has 0 saturated carbocycles. The molecule has 68 valence electrons. The summed E-state index contributed by atoms with van der Waals surface area (Å²) in [5, 5.41) is 7.22. The van der Waals surface area contributed by atoms with Gasteiger partial charge in [0.2, 0.25) is 0 Å². The van der Waals surface area contributed by atoms with Gasteiger partial charge in [-0.2, -0.15) is 5.10 Å². The van der Waals surface area contributed by atoms with Crippen molar-refractivity contribution in [1.82, 2.24) is 20.1 Å². The number of aromatic nitrogens is 3. The number of rotatable bonds is 5. The van der Waals surface area contributed by atoms with Crippen LogP contribution in [0.4, 0.5) is 0 Å². The molecule has 0 fully saturated rings. The third-order valence-electron chi connectivity index (χ3n) is 1.98. The van der Waals surface area contributed by atoms with Gasteiger partial charge in [0.05, 0.1) is 0 Å². The molecule has 0 bridgehead atoms. The Morgan fingerprint density at radius 1 is 1.58 bits per heavy atom. The summed E-state index contributed by atoms with van der Waals surface area (Å²) in [5.74, 6) is 0. The summed E-state index contributed by atoms with van der Waals surface area (Å²) in [6, 6.07) is 0.591. The summed E-state index contributed by atoms with van der Waals surface area (Å²) >= 11 is 0. The van der Waals surface area contributed by atoms with Gasteiger partial charge in [-0.15, -0.1) is 0 Å². The number of hydrogen-bond donors (Lipinski definition) is 1. The molecule has 4 nitrogen and oxygen atoms in total. The van der Waals surface area contributed by atoms with E-state index in [2.05, 4.69) is 22.3 Å². The predicted molar refractivity (Wildman–Crippen MR) is 47.8 cm³/mol. The van der Waals surface area contributed by atoms with Crippen molar-refractivity contribution in [3.8, 4) is 0 Å². The fourth-order valence-electron chi connectivity index (χ4n) is 1.05. The van der Waals surface area contributed by atoms with Crippen LogP contribution in [0.2, 0.25) is 0 Å². The van der Waals surface area contributed by atoms with Crippen LogP contribution in [0.3, 0.4) is 0 Å². The molecule has 0 aliphatic heterocycles. The standard InChI is InChI=1S/C8H16N4/c1-8(9-2)4-3-5-12-7-10-6-11-12/h6-9H,3-5H2,1-2H3. The Morgan fingerprint density at radius 2 is 2.42 bits per heavy atom. The van der Waals surface area contributed by atoms with Crippen LogP contribution in [0.5, 0.6) is 0 Å². The molecule has 1 atom stereocenters. The largest absolute Gasteiger partial charge is 0.317 e. The number of nitrogens with one attached hydrogen (secondary N) is 1. The van der Waals surface area contributed by atoms with Gasteiger partial charge in [-0.3, -0.25) is 4.68 Å². The van der Waals surface area contributed by atoms with E-state index >= 15 is 0 Å². The lowest BCUT2D eigenvalue weighted by Gasteiger charge is -2.08. The van der Waals surface area contributed by atoms with Crippen LogP contribution in [0.25, 0.3) is 0 Å². The number of aryl methyl sites for hydroxylation is 1. The summed E-state index contributed by atoms with van der Waals surface area (Å²) in [5.41, 5.74) is 0. The number of nitrogens with zero attached hydrogens (tertiary/aromatic N) is 3. The van der Waals surface area contributed by atoms with Gasteiger partial charge in [-0.25, -0.2) is 4.98 Å². The zero-order chi connectivity index (χ0) is 8.81. The van der Waals surface area contributed by atoms with Gasteiger partial charge >= 0.3 is 0 Å². The zero-order valence-electron chi connectivity index (χ0n) is 7.70. The van der Waals surface area contributed by atoms with Crippen molar-refractivity contribution in [3.63, 3.8) is 0 Å². The molecule has 0 saturated heterocycles. The Bertz CT molecular complexity index is 195. The second kappa shape index (κ2) is 4.87. The summed E-state index contributed by atoms with van der Waals surface area (Å²) in [4.78, 5) is 3.88. The molecule has 0 aliphatic carbocycles. The fraction of sp³-hybridized carbons (Fsp3) is 0.750. The molecule has 0 aromatic carbocycles. The molecule has 1 heterocycles. The highest BCUT2D eigenvalue weighted by Crippen LogP contribution is 1.97. The van der Waals surface area contributed by atoms with Crippen LogP contribution < -0.4 is 5.32 Å². The first-order valence-corrected chi connectivity index (χ1v) is 4.32. The van der Waals surface area contributed by atoms with E-state index in [1.165, 1.54) is 6.42 Å². The van der Waals surface area contributed by atoms with E-state index < -0.39 is 0 Å². The average Bonchev–Trinajstić information content (AvgIpc) is 2.57. The highest BCUT2D eigenvalue weighted by atomic mass is 15.3. The first kappa shape index (κ1) is 9.19. The van der Waals surface area contributed by atoms with Gasteiger partial charge < -0.3 is 5.32 Å². The van der Waals surface area contributed by atoms with E-state index in [-0.39, 0.29) is 0 Å². The van der Waals surface area contributed by atoms with Crippen LogP contribution in [0.15, 0.2) is 12.7 Å². The van der Waals surface area contributed by atoms with Gasteiger partial charge in [-0.05, 0) is 26.8 Å². The van der Waals surface area contributed by atoms with Crippen molar-refractivity contribution in [3.05, 3.63) is 12.7 Å². The minimum Gasteiger partial charge on any atom is -0.317 e. The van der Waals surface area contributed by atoms with Crippen LogP contribution >= 0.6 is 0 Å². The smallest absolute Gasteiger partial charge is 0.137 e. The lowest BCUT2D eigenvalue weighted by atomic mass is 10.2. The van der Waals surface area contributed by atoms with E-state index in [4.69, 9.17) is 0 Å². The van der Waals surface area contributed by atoms with Crippen molar-refractivity contribution in [1.29, 1.82) is 0 Å². The first-order valence-electron chi connectivity index (χ1n) is 4.32. The SMILES string of the molecule is CNC(C)CCCn1cncn1. The zero-order valence-corrected chi connectivity index (χ0v) is 7.70. The van der Waals surface area contributed by atoms with E-state index in [0.717, 1.165) is 13.0 Å². The van der Waals surface area contributed by atoms with Crippen LogP contribution in [-0.2, 0) is 6.54 Å². The second-order valence-corrected chi connectivity index (χ2v) is 2.99. The molecule has 1 aromatic rings. The van der Waals surface area contributed by atoms with Gasteiger partial charge in [-0.1, -0.05) is 0 Å². The molecular weight excluding hydrogens is 152 g/mol. The molecule has 0 amide bonds. The Labute approximate surface area is 73.0 Å². The van der Waals surface area contributed by atoms with E-state index in [1.54, 1.807) is 12.7 Å². The third-order valence-corrected chi connectivity index (χ3v) is 1.98. The van der Waals surface area contributed by atoms with Crippen molar-refractivity contribution in [2.45, 2.75) is 32.4 Å². The van der Waals surface area contributed by atoms with Gasteiger partial charge in [0.1, 0.15) is 12.7 Å². The molecule has 1 unspecified atom stereocenters.